The molecule has 5 rings (SSSR count). The van der Waals surface area contributed by atoms with E-state index in [1.54, 1.807) is 14.2 Å². The lowest BCUT2D eigenvalue weighted by molar-refractivity contribution is 0.414. The molecule has 8 nitrogen and oxygen atoms in total. The molecule has 1 aliphatic heterocycles. The first-order valence-corrected chi connectivity index (χ1v) is 11.0. The monoisotopic (exact) mass is 445 g/mol. The quantitative estimate of drug-likeness (QED) is 0.483. The van der Waals surface area contributed by atoms with E-state index in [2.05, 4.69) is 11.8 Å². The summed E-state index contributed by atoms with van der Waals surface area (Å²) in [6, 6.07) is 15.6. The molecule has 0 aliphatic carbocycles. The van der Waals surface area contributed by atoms with E-state index in [0.29, 0.717) is 29.6 Å². The maximum atomic E-state index is 13.6. The number of rotatable bonds is 4. The van der Waals surface area contributed by atoms with E-state index < -0.39 is 0 Å². The lowest BCUT2D eigenvalue weighted by Crippen LogP contribution is -2.40. The SMILES string of the molecule is COc1ccc(N2C[C@@H](C)Cn3c2nc2c3c(=O)n(Cc3ccccc3C)c(=O)n2C)cc1. The molecule has 0 saturated heterocycles. The second-order valence-electron chi connectivity index (χ2n) is 8.77. The molecular formula is C25H27N5O3. The number of hydrogen-bond donors (Lipinski definition) is 0. The third-order valence-corrected chi connectivity index (χ3v) is 6.42. The van der Waals surface area contributed by atoms with Gasteiger partial charge < -0.3 is 14.2 Å². The van der Waals surface area contributed by atoms with Crippen LogP contribution in [-0.2, 0) is 20.1 Å². The van der Waals surface area contributed by atoms with Crippen LogP contribution in [0.25, 0.3) is 11.2 Å². The van der Waals surface area contributed by atoms with E-state index in [0.717, 1.165) is 29.1 Å². The molecule has 0 radical (unpaired) electrons. The van der Waals surface area contributed by atoms with Gasteiger partial charge in [0.15, 0.2) is 11.2 Å². The van der Waals surface area contributed by atoms with E-state index in [-0.39, 0.29) is 17.8 Å². The van der Waals surface area contributed by atoms with Gasteiger partial charge in [-0.1, -0.05) is 31.2 Å². The van der Waals surface area contributed by atoms with Gasteiger partial charge in [0.25, 0.3) is 5.56 Å². The van der Waals surface area contributed by atoms with Crippen molar-refractivity contribution in [3.05, 3.63) is 80.5 Å². The lowest BCUT2D eigenvalue weighted by atomic mass is 10.1. The van der Waals surface area contributed by atoms with Gasteiger partial charge >= 0.3 is 5.69 Å². The van der Waals surface area contributed by atoms with Crippen molar-refractivity contribution in [3.8, 4) is 5.75 Å². The van der Waals surface area contributed by atoms with Crippen molar-refractivity contribution in [1.82, 2.24) is 18.7 Å². The summed E-state index contributed by atoms with van der Waals surface area (Å²) in [5.41, 5.74) is 3.15. The van der Waals surface area contributed by atoms with Crippen molar-refractivity contribution < 1.29 is 4.74 Å². The van der Waals surface area contributed by atoms with Crippen LogP contribution in [0.3, 0.4) is 0 Å². The molecule has 0 N–H and O–H groups in total. The van der Waals surface area contributed by atoms with E-state index >= 15 is 0 Å². The summed E-state index contributed by atoms with van der Waals surface area (Å²) < 4.78 is 10.1. The topological polar surface area (TPSA) is 74.3 Å². The van der Waals surface area contributed by atoms with Crippen molar-refractivity contribution in [2.45, 2.75) is 26.9 Å². The molecule has 4 aromatic rings. The molecular weight excluding hydrogens is 418 g/mol. The zero-order valence-corrected chi connectivity index (χ0v) is 19.3. The second kappa shape index (κ2) is 7.95. The summed E-state index contributed by atoms with van der Waals surface area (Å²) in [4.78, 5) is 33.7. The summed E-state index contributed by atoms with van der Waals surface area (Å²) in [7, 11) is 3.32. The van der Waals surface area contributed by atoms with Crippen molar-refractivity contribution in [3.63, 3.8) is 0 Å². The summed E-state index contributed by atoms with van der Waals surface area (Å²) in [6.07, 6.45) is 0. The maximum Gasteiger partial charge on any atom is 0.332 e. The number of nitrogens with zero attached hydrogens (tertiary/aromatic N) is 5. The Hall–Kier alpha value is -3.81. The molecule has 1 atom stereocenters. The first kappa shape index (κ1) is 21.1. The zero-order valence-electron chi connectivity index (χ0n) is 19.3. The van der Waals surface area contributed by atoms with Crippen molar-refractivity contribution in [2.75, 3.05) is 18.6 Å². The fourth-order valence-electron chi connectivity index (χ4n) is 4.58. The van der Waals surface area contributed by atoms with Gasteiger partial charge in [-0.15, -0.1) is 0 Å². The van der Waals surface area contributed by atoms with Gasteiger partial charge in [0.2, 0.25) is 5.95 Å². The third-order valence-electron chi connectivity index (χ3n) is 6.42. The molecule has 0 fully saturated rings. The molecule has 170 valence electrons. The lowest BCUT2D eigenvalue weighted by Gasteiger charge is -2.33. The molecule has 1 aliphatic rings. The van der Waals surface area contributed by atoms with Crippen LogP contribution in [-0.4, -0.2) is 32.3 Å². The summed E-state index contributed by atoms with van der Waals surface area (Å²) in [5.74, 6) is 1.74. The van der Waals surface area contributed by atoms with Crippen LogP contribution in [0.4, 0.5) is 11.6 Å². The van der Waals surface area contributed by atoms with E-state index in [4.69, 9.17) is 9.72 Å². The van der Waals surface area contributed by atoms with Gasteiger partial charge in [-0.05, 0) is 48.2 Å². The largest absolute Gasteiger partial charge is 0.497 e. The summed E-state index contributed by atoms with van der Waals surface area (Å²) >= 11 is 0. The van der Waals surface area contributed by atoms with Gasteiger partial charge in [0.05, 0.1) is 13.7 Å². The van der Waals surface area contributed by atoms with Crippen LogP contribution in [0.2, 0.25) is 0 Å². The van der Waals surface area contributed by atoms with E-state index in [1.165, 1.54) is 9.13 Å². The molecule has 0 amide bonds. The maximum absolute atomic E-state index is 13.6. The van der Waals surface area contributed by atoms with Crippen LogP contribution >= 0.6 is 0 Å². The van der Waals surface area contributed by atoms with Crippen molar-refractivity contribution in [2.24, 2.45) is 13.0 Å². The van der Waals surface area contributed by atoms with Crippen molar-refractivity contribution >= 4 is 22.8 Å². The molecule has 2 aromatic heterocycles. The number of methoxy groups -OCH3 is 1. The van der Waals surface area contributed by atoms with Gasteiger partial charge in [0.1, 0.15) is 5.75 Å². The highest BCUT2D eigenvalue weighted by molar-refractivity contribution is 5.77. The number of aryl methyl sites for hydroxylation is 2. The van der Waals surface area contributed by atoms with E-state index in [9.17, 15) is 9.59 Å². The Morgan fingerprint density at radius 1 is 1.06 bits per heavy atom. The number of benzene rings is 2. The average molecular weight is 446 g/mol. The number of aromatic nitrogens is 4. The summed E-state index contributed by atoms with van der Waals surface area (Å²) in [5, 5.41) is 0. The van der Waals surface area contributed by atoms with E-state index in [1.807, 2.05) is 60.0 Å². The molecule has 2 aromatic carbocycles. The molecule has 0 unspecified atom stereocenters. The fraction of sp³-hybridized carbons (Fsp3) is 0.320. The van der Waals surface area contributed by atoms with Crippen LogP contribution < -0.4 is 20.9 Å². The number of fused-ring (bicyclic) bond motifs is 3. The third kappa shape index (κ3) is 3.42. The standard InChI is InChI=1S/C25H27N5O3/c1-16-13-28(19-9-11-20(33-4)12-10-19)24-26-22-21(29(24)14-16)23(31)30(25(32)27(22)3)15-18-8-6-5-7-17(18)2/h5-12,16H,13-15H2,1-4H3/t16-/m1/s1. The Labute approximate surface area is 191 Å². The normalized spacial score (nSPS) is 15.6. The smallest absolute Gasteiger partial charge is 0.332 e. The van der Waals surface area contributed by atoms with Gasteiger partial charge in [-0.3, -0.25) is 13.9 Å². The predicted octanol–water partition coefficient (Wildman–Crippen LogP) is 3.05. The molecule has 33 heavy (non-hydrogen) atoms. The Balaban J connectivity index is 1.70. The molecule has 0 spiro atoms. The molecule has 8 heteroatoms. The first-order chi connectivity index (χ1) is 15.9. The Morgan fingerprint density at radius 3 is 2.48 bits per heavy atom. The van der Waals surface area contributed by atoms with Crippen LogP contribution in [0.5, 0.6) is 5.75 Å². The Bertz CT molecular complexity index is 1460. The molecule has 0 bridgehead atoms. The summed E-state index contributed by atoms with van der Waals surface area (Å²) in [6.45, 7) is 5.79. The van der Waals surface area contributed by atoms with Crippen molar-refractivity contribution in [1.29, 1.82) is 0 Å². The average Bonchev–Trinajstić information content (AvgIpc) is 3.20. The fourth-order valence-corrected chi connectivity index (χ4v) is 4.58. The van der Waals surface area contributed by atoms with Crippen LogP contribution in [0.15, 0.2) is 58.1 Å². The minimum absolute atomic E-state index is 0.229. The van der Waals surface area contributed by atoms with Gasteiger partial charge in [0, 0.05) is 25.8 Å². The number of anilines is 2. The number of ether oxygens (including phenoxy) is 1. The van der Waals surface area contributed by atoms with Crippen LogP contribution in [0.1, 0.15) is 18.1 Å². The zero-order chi connectivity index (χ0) is 23.3. The predicted molar refractivity (Wildman–Crippen MR) is 129 cm³/mol. The molecule has 0 saturated carbocycles. The highest BCUT2D eigenvalue weighted by Gasteiger charge is 2.30. The second-order valence-corrected chi connectivity index (χ2v) is 8.77. The minimum atomic E-state index is -0.366. The number of hydrogen-bond acceptors (Lipinski definition) is 5. The molecule has 3 heterocycles. The minimum Gasteiger partial charge on any atom is -0.497 e. The Morgan fingerprint density at radius 2 is 1.79 bits per heavy atom. The van der Waals surface area contributed by atoms with Crippen LogP contribution in [0, 0.1) is 12.8 Å². The highest BCUT2D eigenvalue weighted by Crippen LogP contribution is 2.33. The van der Waals surface area contributed by atoms with Gasteiger partial charge in [-0.25, -0.2) is 4.79 Å². The number of imidazole rings is 1. The Kier molecular flexibility index (Phi) is 5.08. The van der Waals surface area contributed by atoms with Gasteiger partial charge in [-0.2, -0.15) is 4.98 Å². The highest BCUT2D eigenvalue weighted by atomic mass is 16.5. The first-order valence-electron chi connectivity index (χ1n) is 11.0.